The number of fused-ring (bicyclic) bond motifs is 1. The number of nitrogens with one attached hydrogen (secondary N) is 2. The summed E-state index contributed by atoms with van der Waals surface area (Å²) < 4.78 is 5.63. The number of rotatable bonds is 8. The van der Waals surface area contributed by atoms with Gasteiger partial charge < -0.3 is 30.1 Å². The smallest absolute Gasteiger partial charge is 0.325 e. The number of aliphatic imine (C=N–C) groups is 1. The summed E-state index contributed by atoms with van der Waals surface area (Å²) in [5.41, 5.74) is 1.02. The number of amides is 3. The van der Waals surface area contributed by atoms with Crippen LogP contribution in [0.1, 0.15) is 12.0 Å². The summed E-state index contributed by atoms with van der Waals surface area (Å²) in [6, 6.07) is 6.03. The molecule has 11 nitrogen and oxygen atoms in total. The molecule has 0 aromatic heterocycles. The molecule has 2 aliphatic rings. The summed E-state index contributed by atoms with van der Waals surface area (Å²) in [5.74, 6) is -0.663. The third-order valence-electron chi connectivity index (χ3n) is 4.85. The van der Waals surface area contributed by atoms with Gasteiger partial charge in [-0.2, -0.15) is 0 Å². The molecule has 3 atom stereocenters. The second-order valence-electron chi connectivity index (χ2n) is 7.22. The first-order valence-corrected chi connectivity index (χ1v) is 9.51. The van der Waals surface area contributed by atoms with Crippen LogP contribution < -0.4 is 15.4 Å². The lowest BCUT2D eigenvalue weighted by Gasteiger charge is -2.35. The maximum absolute atomic E-state index is 12.5. The van der Waals surface area contributed by atoms with Gasteiger partial charge in [0.2, 0.25) is 0 Å². The SMILES string of the molecule is Cc1cccc(OCC(O)CN2C(=NCCC(=O)O)NC3C2C(=O)NC(=O)N3C)c1. The highest BCUT2D eigenvalue weighted by atomic mass is 16.5. The van der Waals surface area contributed by atoms with E-state index in [2.05, 4.69) is 15.6 Å². The van der Waals surface area contributed by atoms with Crippen LogP contribution in [-0.2, 0) is 9.59 Å². The Hall–Kier alpha value is -3.34. The second-order valence-corrected chi connectivity index (χ2v) is 7.22. The fourth-order valence-electron chi connectivity index (χ4n) is 3.35. The Kier molecular flexibility index (Phi) is 6.40. The third-order valence-corrected chi connectivity index (χ3v) is 4.85. The zero-order valence-electron chi connectivity index (χ0n) is 16.7. The third kappa shape index (κ3) is 4.79. The van der Waals surface area contributed by atoms with Gasteiger partial charge in [-0.1, -0.05) is 12.1 Å². The minimum absolute atomic E-state index is 0.00133. The number of aliphatic carboxylic acids is 1. The lowest BCUT2D eigenvalue weighted by molar-refractivity contribution is -0.136. The van der Waals surface area contributed by atoms with E-state index in [0.29, 0.717) is 5.75 Å². The van der Waals surface area contributed by atoms with Crippen molar-refractivity contribution in [3.8, 4) is 5.75 Å². The quantitative estimate of drug-likeness (QED) is 0.435. The van der Waals surface area contributed by atoms with Crippen molar-refractivity contribution in [3.05, 3.63) is 29.8 Å². The molecule has 0 spiro atoms. The lowest BCUT2D eigenvalue weighted by atomic mass is 10.1. The molecule has 2 fully saturated rings. The highest BCUT2D eigenvalue weighted by molar-refractivity contribution is 6.04. The largest absolute Gasteiger partial charge is 0.491 e. The number of hydrogen-bond acceptors (Lipinski definition) is 6. The van der Waals surface area contributed by atoms with Gasteiger partial charge in [0.05, 0.1) is 19.5 Å². The van der Waals surface area contributed by atoms with Gasteiger partial charge >= 0.3 is 12.0 Å². The van der Waals surface area contributed by atoms with Gasteiger partial charge in [0.1, 0.15) is 24.6 Å². The fourth-order valence-corrected chi connectivity index (χ4v) is 3.35. The average Bonchev–Trinajstić information content (AvgIpc) is 3.03. The van der Waals surface area contributed by atoms with Crippen LogP contribution in [0, 0.1) is 6.92 Å². The molecule has 162 valence electrons. The predicted octanol–water partition coefficient (Wildman–Crippen LogP) is -0.653. The van der Waals surface area contributed by atoms with Gasteiger partial charge in [-0.25, -0.2) is 4.79 Å². The van der Waals surface area contributed by atoms with E-state index in [1.165, 1.54) is 16.8 Å². The van der Waals surface area contributed by atoms with Gasteiger partial charge in [-0.15, -0.1) is 0 Å². The number of hydrogen-bond donors (Lipinski definition) is 4. The number of carbonyl (C=O) groups is 3. The van der Waals surface area contributed by atoms with Crippen molar-refractivity contribution in [1.82, 2.24) is 20.4 Å². The molecule has 0 radical (unpaired) electrons. The van der Waals surface area contributed by atoms with Crippen molar-refractivity contribution in [1.29, 1.82) is 0 Å². The number of carboxylic acid groups (broad SMARTS) is 1. The van der Waals surface area contributed by atoms with Crippen molar-refractivity contribution in [2.45, 2.75) is 31.7 Å². The fraction of sp³-hybridized carbons (Fsp3) is 0.474. The van der Waals surface area contributed by atoms with Crippen molar-refractivity contribution >= 4 is 23.9 Å². The monoisotopic (exact) mass is 419 g/mol. The Labute approximate surface area is 173 Å². The van der Waals surface area contributed by atoms with E-state index in [1.54, 1.807) is 6.07 Å². The molecular formula is C19H25N5O6. The minimum Gasteiger partial charge on any atom is -0.491 e. The molecule has 4 N–H and O–H groups in total. The van der Waals surface area contributed by atoms with Crippen LogP contribution in [0.5, 0.6) is 5.75 Å². The van der Waals surface area contributed by atoms with E-state index >= 15 is 0 Å². The highest BCUT2D eigenvalue weighted by Gasteiger charge is 2.50. The number of ether oxygens (including phenoxy) is 1. The van der Waals surface area contributed by atoms with Gasteiger partial charge in [0.15, 0.2) is 12.0 Å². The van der Waals surface area contributed by atoms with Gasteiger partial charge in [0, 0.05) is 7.05 Å². The molecule has 0 aliphatic carbocycles. The number of nitrogens with zero attached hydrogens (tertiary/aromatic N) is 3. The lowest BCUT2D eigenvalue weighted by Crippen LogP contribution is -2.65. The Morgan fingerprint density at radius 3 is 2.83 bits per heavy atom. The number of guanidine groups is 1. The number of urea groups is 1. The number of benzene rings is 1. The minimum atomic E-state index is -1.00. The molecule has 2 heterocycles. The Balaban J connectivity index is 1.72. The molecule has 1 aromatic carbocycles. The first kappa shape index (κ1) is 21.4. The summed E-state index contributed by atoms with van der Waals surface area (Å²) in [6.45, 7) is 1.90. The Bertz CT molecular complexity index is 860. The molecule has 0 bridgehead atoms. The summed E-state index contributed by atoms with van der Waals surface area (Å²) in [5, 5.41) is 24.6. The van der Waals surface area contributed by atoms with Crippen molar-refractivity contribution in [3.63, 3.8) is 0 Å². The molecule has 11 heteroatoms. The van der Waals surface area contributed by atoms with Crippen molar-refractivity contribution in [2.24, 2.45) is 4.99 Å². The average molecular weight is 419 g/mol. The van der Waals surface area contributed by atoms with Crippen LogP contribution in [0.25, 0.3) is 0 Å². The molecule has 0 saturated carbocycles. The number of likely N-dealkylation sites (N-methyl/N-ethyl adjacent to an activating group) is 1. The maximum atomic E-state index is 12.5. The van der Waals surface area contributed by atoms with E-state index in [-0.39, 0.29) is 32.1 Å². The maximum Gasteiger partial charge on any atom is 0.325 e. The Morgan fingerprint density at radius 2 is 2.13 bits per heavy atom. The normalized spacial score (nSPS) is 23.1. The molecular weight excluding hydrogens is 394 g/mol. The van der Waals surface area contributed by atoms with Crippen molar-refractivity contribution in [2.75, 3.05) is 26.7 Å². The molecule has 3 rings (SSSR count). The Morgan fingerprint density at radius 1 is 1.37 bits per heavy atom. The van der Waals surface area contributed by atoms with E-state index in [9.17, 15) is 19.5 Å². The van der Waals surface area contributed by atoms with Gasteiger partial charge in [-0.3, -0.25) is 19.9 Å². The zero-order chi connectivity index (χ0) is 21.8. The molecule has 2 aliphatic heterocycles. The second kappa shape index (κ2) is 8.99. The number of aliphatic hydroxyl groups is 1. The van der Waals surface area contributed by atoms with Crippen LogP contribution in [0.3, 0.4) is 0 Å². The molecule has 30 heavy (non-hydrogen) atoms. The number of β-amino-alcohol motifs (C(OH)–C–C–N with tert-alkyl or cyclic N) is 1. The van der Waals surface area contributed by atoms with Gasteiger partial charge in [-0.05, 0) is 24.6 Å². The van der Waals surface area contributed by atoms with E-state index in [4.69, 9.17) is 9.84 Å². The van der Waals surface area contributed by atoms with Crippen molar-refractivity contribution < 1.29 is 29.3 Å². The van der Waals surface area contributed by atoms with Crippen LogP contribution in [0.4, 0.5) is 4.79 Å². The standard InChI is InChI=1S/C19H25N5O6/c1-11-4-3-5-13(8-11)30-10-12(25)9-24-15-16(23(2)19(29)22-17(15)28)21-18(24)20-7-6-14(26)27/h3-5,8,12,15-16,25H,6-7,9-10H2,1-2H3,(H,20,21)(H,26,27)(H,22,28,29). The molecule has 3 amide bonds. The number of aryl methyl sites for hydroxylation is 1. The number of aliphatic hydroxyl groups excluding tert-OH is 1. The number of carboxylic acids is 1. The summed E-state index contributed by atoms with van der Waals surface area (Å²) >= 11 is 0. The highest BCUT2D eigenvalue weighted by Crippen LogP contribution is 2.21. The first-order valence-electron chi connectivity index (χ1n) is 9.51. The molecule has 1 aromatic rings. The topological polar surface area (TPSA) is 144 Å². The number of carbonyl (C=O) groups excluding carboxylic acids is 2. The van der Waals surface area contributed by atoms with Crippen LogP contribution >= 0.6 is 0 Å². The summed E-state index contributed by atoms with van der Waals surface area (Å²) in [7, 11) is 1.53. The van der Waals surface area contributed by atoms with E-state index < -0.39 is 36.2 Å². The molecule has 2 saturated heterocycles. The van der Waals surface area contributed by atoms with E-state index in [1.807, 2.05) is 25.1 Å². The van der Waals surface area contributed by atoms with Crippen LogP contribution in [-0.4, -0.2) is 88.9 Å². The molecule has 3 unspecified atom stereocenters. The van der Waals surface area contributed by atoms with E-state index in [0.717, 1.165) is 5.56 Å². The summed E-state index contributed by atoms with van der Waals surface area (Å²) in [4.78, 5) is 42.3. The number of imide groups is 1. The predicted molar refractivity (Wildman–Crippen MR) is 106 cm³/mol. The van der Waals surface area contributed by atoms with Crippen LogP contribution in [0.15, 0.2) is 29.3 Å². The first-order chi connectivity index (χ1) is 14.3. The zero-order valence-corrected chi connectivity index (χ0v) is 16.7. The van der Waals surface area contributed by atoms with Crippen LogP contribution in [0.2, 0.25) is 0 Å². The van der Waals surface area contributed by atoms with Gasteiger partial charge in [0.25, 0.3) is 5.91 Å². The summed E-state index contributed by atoms with van der Waals surface area (Å²) in [6.07, 6.45) is -1.83.